The van der Waals surface area contributed by atoms with E-state index in [1.54, 1.807) is 6.92 Å². The summed E-state index contributed by atoms with van der Waals surface area (Å²) in [5.41, 5.74) is 0. The van der Waals surface area contributed by atoms with Gasteiger partial charge in [-0.25, -0.2) is 0 Å². The van der Waals surface area contributed by atoms with Gasteiger partial charge in [-0.3, -0.25) is 4.79 Å². The van der Waals surface area contributed by atoms with Gasteiger partial charge in [-0.15, -0.1) is 0 Å². The van der Waals surface area contributed by atoms with Crippen LogP contribution in [-0.4, -0.2) is 29.1 Å². The number of ketones is 1. The zero-order valence-electron chi connectivity index (χ0n) is 5.50. The fourth-order valence-corrected chi connectivity index (χ4v) is 1.07. The van der Waals surface area contributed by atoms with Crippen molar-refractivity contribution in [3.8, 4) is 0 Å². The molecule has 0 amide bonds. The molecule has 0 aromatic carbocycles. The molecule has 3 heteroatoms. The van der Waals surface area contributed by atoms with Gasteiger partial charge in [-0.1, -0.05) is 0 Å². The maximum atomic E-state index is 10.7. The van der Waals surface area contributed by atoms with E-state index in [4.69, 9.17) is 5.21 Å². The molecule has 1 atom stereocenters. The zero-order valence-corrected chi connectivity index (χ0v) is 5.50. The van der Waals surface area contributed by atoms with Crippen LogP contribution in [0.1, 0.15) is 13.3 Å². The average molecular weight is 129 g/mol. The van der Waals surface area contributed by atoms with Crippen LogP contribution in [0.25, 0.3) is 0 Å². The second-order valence-corrected chi connectivity index (χ2v) is 2.51. The molecule has 1 aliphatic heterocycles. The van der Waals surface area contributed by atoms with Crippen molar-refractivity contribution >= 4 is 5.78 Å². The molecule has 3 nitrogen and oxygen atoms in total. The number of carbonyl (C=O) groups excluding carboxylic acids is 1. The van der Waals surface area contributed by atoms with Crippen molar-refractivity contribution in [2.45, 2.75) is 13.3 Å². The topological polar surface area (TPSA) is 40.5 Å². The van der Waals surface area contributed by atoms with Gasteiger partial charge in [0, 0.05) is 19.0 Å². The molecule has 1 fully saturated rings. The average Bonchev–Trinajstić information content (AvgIpc) is 2.14. The number of hydroxylamine groups is 2. The third-order valence-corrected chi connectivity index (χ3v) is 1.74. The van der Waals surface area contributed by atoms with E-state index in [2.05, 4.69) is 0 Å². The van der Waals surface area contributed by atoms with E-state index in [-0.39, 0.29) is 11.7 Å². The molecule has 52 valence electrons. The number of Topliss-reactive ketones (excluding diaryl/α,β-unsaturated/α-hetero) is 1. The number of rotatable bonds is 1. The number of hydrogen-bond donors (Lipinski definition) is 1. The Labute approximate surface area is 54.2 Å². The largest absolute Gasteiger partial charge is 0.314 e. The molecular weight excluding hydrogens is 118 g/mol. The van der Waals surface area contributed by atoms with E-state index in [0.717, 1.165) is 6.42 Å². The van der Waals surface area contributed by atoms with Gasteiger partial charge >= 0.3 is 0 Å². The minimum absolute atomic E-state index is 0.0787. The second kappa shape index (κ2) is 2.45. The molecule has 0 aromatic heterocycles. The van der Waals surface area contributed by atoms with Crippen molar-refractivity contribution in [1.29, 1.82) is 0 Å². The lowest BCUT2D eigenvalue weighted by Gasteiger charge is -2.03. The zero-order chi connectivity index (χ0) is 6.85. The molecule has 1 N–H and O–H groups in total. The lowest BCUT2D eigenvalue weighted by molar-refractivity contribution is -0.122. The quantitative estimate of drug-likeness (QED) is 0.553. The molecule has 1 heterocycles. The molecule has 0 aromatic rings. The SMILES string of the molecule is CC(=O)C1CCN(O)C1. The third-order valence-electron chi connectivity index (χ3n) is 1.74. The van der Waals surface area contributed by atoms with E-state index in [9.17, 15) is 4.79 Å². The van der Waals surface area contributed by atoms with Crippen LogP contribution in [0.2, 0.25) is 0 Å². The summed E-state index contributed by atoms with van der Waals surface area (Å²) >= 11 is 0. The van der Waals surface area contributed by atoms with Crippen LogP contribution >= 0.6 is 0 Å². The summed E-state index contributed by atoms with van der Waals surface area (Å²) < 4.78 is 0. The molecule has 1 unspecified atom stereocenters. The summed E-state index contributed by atoms with van der Waals surface area (Å²) in [6.45, 7) is 2.74. The van der Waals surface area contributed by atoms with Crippen LogP contribution < -0.4 is 0 Å². The van der Waals surface area contributed by atoms with Gasteiger partial charge < -0.3 is 5.21 Å². The predicted molar refractivity (Wildman–Crippen MR) is 32.1 cm³/mol. The Balaban J connectivity index is 2.39. The normalized spacial score (nSPS) is 28.9. The molecular formula is C6H11NO2. The summed E-state index contributed by atoms with van der Waals surface area (Å²) in [5.74, 6) is 0.265. The van der Waals surface area contributed by atoms with E-state index in [1.807, 2.05) is 0 Å². The first kappa shape index (κ1) is 6.71. The summed E-state index contributed by atoms with van der Waals surface area (Å²) in [5, 5.41) is 10.0. The molecule has 0 radical (unpaired) electrons. The maximum absolute atomic E-state index is 10.7. The Bertz CT molecular complexity index is 124. The van der Waals surface area contributed by atoms with Crippen LogP contribution in [-0.2, 0) is 4.79 Å². The number of hydrogen-bond acceptors (Lipinski definition) is 3. The summed E-state index contributed by atoms with van der Waals surface area (Å²) in [7, 11) is 0. The van der Waals surface area contributed by atoms with Crippen LogP contribution in [0.3, 0.4) is 0 Å². The van der Waals surface area contributed by atoms with Crippen molar-refractivity contribution in [2.75, 3.05) is 13.1 Å². The van der Waals surface area contributed by atoms with Gasteiger partial charge in [-0.05, 0) is 13.3 Å². The fraction of sp³-hybridized carbons (Fsp3) is 0.833. The number of carbonyl (C=O) groups is 1. The smallest absolute Gasteiger partial charge is 0.134 e. The van der Waals surface area contributed by atoms with E-state index in [1.165, 1.54) is 5.06 Å². The molecule has 1 rings (SSSR count). The van der Waals surface area contributed by atoms with Crippen LogP contribution in [0, 0.1) is 5.92 Å². The van der Waals surface area contributed by atoms with Gasteiger partial charge in [0.15, 0.2) is 0 Å². The fourth-order valence-electron chi connectivity index (χ4n) is 1.07. The van der Waals surface area contributed by atoms with Crippen LogP contribution in [0.4, 0.5) is 0 Å². The Morgan fingerprint density at radius 1 is 1.78 bits per heavy atom. The van der Waals surface area contributed by atoms with Crippen molar-refractivity contribution < 1.29 is 10.0 Å². The van der Waals surface area contributed by atoms with Crippen molar-refractivity contribution in [2.24, 2.45) is 5.92 Å². The molecule has 1 aliphatic rings. The standard InChI is InChI=1S/C6H11NO2/c1-5(8)6-2-3-7(9)4-6/h6,9H,2-4H2,1H3. The Morgan fingerprint density at radius 2 is 2.44 bits per heavy atom. The molecule has 0 aliphatic carbocycles. The number of nitrogens with zero attached hydrogens (tertiary/aromatic N) is 1. The van der Waals surface area contributed by atoms with Gasteiger partial charge in [-0.2, -0.15) is 5.06 Å². The van der Waals surface area contributed by atoms with Crippen molar-refractivity contribution in [1.82, 2.24) is 5.06 Å². The Kier molecular flexibility index (Phi) is 1.83. The lowest BCUT2D eigenvalue weighted by atomic mass is 10.1. The molecule has 9 heavy (non-hydrogen) atoms. The minimum atomic E-state index is 0.0787. The van der Waals surface area contributed by atoms with Crippen LogP contribution in [0.5, 0.6) is 0 Å². The highest BCUT2D eigenvalue weighted by Crippen LogP contribution is 2.13. The van der Waals surface area contributed by atoms with Gasteiger partial charge in [0.1, 0.15) is 5.78 Å². The monoisotopic (exact) mass is 129 g/mol. The highest BCUT2D eigenvalue weighted by molar-refractivity contribution is 5.78. The van der Waals surface area contributed by atoms with Crippen molar-refractivity contribution in [3.05, 3.63) is 0 Å². The van der Waals surface area contributed by atoms with Crippen LogP contribution in [0.15, 0.2) is 0 Å². The highest BCUT2D eigenvalue weighted by atomic mass is 16.5. The highest BCUT2D eigenvalue weighted by Gasteiger charge is 2.23. The molecule has 1 saturated heterocycles. The second-order valence-electron chi connectivity index (χ2n) is 2.51. The summed E-state index contributed by atoms with van der Waals surface area (Å²) in [6.07, 6.45) is 0.811. The third kappa shape index (κ3) is 1.50. The van der Waals surface area contributed by atoms with E-state index in [0.29, 0.717) is 13.1 Å². The molecule has 0 spiro atoms. The molecule has 0 saturated carbocycles. The first-order valence-corrected chi connectivity index (χ1v) is 3.14. The lowest BCUT2D eigenvalue weighted by Crippen LogP contribution is -2.18. The van der Waals surface area contributed by atoms with E-state index < -0.39 is 0 Å². The summed E-state index contributed by atoms with van der Waals surface area (Å²) in [4.78, 5) is 10.7. The minimum Gasteiger partial charge on any atom is -0.314 e. The van der Waals surface area contributed by atoms with Crippen molar-refractivity contribution in [3.63, 3.8) is 0 Å². The summed E-state index contributed by atoms with van der Waals surface area (Å²) in [6, 6.07) is 0. The van der Waals surface area contributed by atoms with Gasteiger partial charge in [0.05, 0.1) is 0 Å². The Morgan fingerprint density at radius 3 is 2.67 bits per heavy atom. The first-order chi connectivity index (χ1) is 4.20. The van der Waals surface area contributed by atoms with Gasteiger partial charge in [0.2, 0.25) is 0 Å². The predicted octanol–water partition coefficient (Wildman–Crippen LogP) is 0.287. The maximum Gasteiger partial charge on any atom is 0.134 e. The van der Waals surface area contributed by atoms with E-state index >= 15 is 0 Å². The molecule has 0 bridgehead atoms. The first-order valence-electron chi connectivity index (χ1n) is 3.14. The Hall–Kier alpha value is -0.410. The van der Waals surface area contributed by atoms with Gasteiger partial charge in [0.25, 0.3) is 0 Å².